The number of anilines is 1. The maximum absolute atomic E-state index is 4.42. The van der Waals surface area contributed by atoms with Crippen LogP contribution in [0.4, 0.5) is 5.82 Å². The molecule has 0 unspecified atom stereocenters. The average Bonchev–Trinajstić information content (AvgIpc) is 2.68. The standard InChI is InChI=1S/C12H14BrN3S/c1-8-5-10(13)12(15-6-8)14-4-3-11-16-9(2)7-17-11/h5-7H,3-4H2,1-2H3,(H,14,15). The van der Waals surface area contributed by atoms with Crippen LogP contribution in [0.25, 0.3) is 0 Å². The third-order valence-corrected chi connectivity index (χ3v) is 3.91. The van der Waals surface area contributed by atoms with Crippen molar-refractivity contribution in [2.24, 2.45) is 0 Å². The molecule has 0 aliphatic rings. The molecule has 1 N–H and O–H groups in total. The Labute approximate surface area is 113 Å². The number of pyridine rings is 1. The summed E-state index contributed by atoms with van der Waals surface area (Å²) < 4.78 is 1.01. The van der Waals surface area contributed by atoms with E-state index in [2.05, 4.69) is 42.7 Å². The highest BCUT2D eigenvalue weighted by atomic mass is 79.9. The summed E-state index contributed by atoms with van der Waals surface area (Å²) in [6, 6.07) is 2.06. The number of nitrogens with zero attached hydrogens (tertiary/aromatic N) is 2. The number of nitrogens with one attached hydrogen (secondary N) is 1. The van der Waals surface area contributed by atoms with Crippen molar-refractivity contribution in [3.05, 3.63) is 38.4 Å². The number of thiazole rings is 1. The molecule has 0 aliphatic carbocycles. The number of aromatic nitrogens is 2. The van der Waals surface area contributed by atoms with Crippen LogP contribution in [-0.4, -0.2) is 16.5 Å². The van der Waals surface area contributed by atoms with E-state index in [-0.39, 0.29) is 0 Å². The smallest absolute Gasteiger partial charge is 0.140 e. The van der Waals surface area contributed by atoms with Crippen LogP contribution < -0.4 is 5.32 Å². The van der Waals surface area contributed by atoms with Gasteiger partial charge in [0.25, 0.3) is 0 Å². The maximum Gasteiger partial charge on any atom is 0.140 e. The molecule has 2 aromatic heterocycles. The quantitative estimate of drug-likeness (QED) is 0.938. The summed E-state index contributed by atoms with van der Waals surface area (Å²) in [5.74, 6) is 0.892. The van der Waals surface area contributed by atoms with Gasteiger partial charge < -0.3 is 5.32 Å². The van der Waals surface area contributed by atoms with Gasteiger partial charge in [0.05, 0.1) is 9.48 Å². The lowest BCUT2D eigenvalue weighted by Gasteiger charge is -2.06. The van der Waals surface area contributed by atoms with Crippen molar-refractivity contribution in [1.82, 2.24) is 9.97 Å². The van der Waals surface area contributed by atoms with Gasteiger partial charge in [0.1, 0.15) is 5.82 Å². The van der Waals surface area contributed by atoms with Crippen molar-refractivity contribution >= 4 is 33.1 Å². The lowest BCUT2D eigenvalue weighted by Crippen LogP contribution is -2.06. The predicted molar refractivity (Wildman–Crippen MR) is 75.7 cm³/mol. The fourth-order valence-electron chi connectivity index (χ4n) is 1.47. The van der Waals surface area contributed by atoms with Gasteiger partial charge in [-0.1, -0.05) is 0 Å². The predicted octanol–water partition coefficient (Wildman–Crippen LogP) is 3.57. The summed E-state index contributed by atoms with van der Waals surface area (Å²) in [4.78, 5) is 8.76. The van der Waals surface area contributed by atoms with Gasteiger partial charge in [-0.15, -0.1) is 11.3 Å². The van der Waals surface area contributed by atoms with E-state index in [4.69, 9.17) is 0 Å². The van der Waals surface area contributed by atoms with Crippen molar-refractivity contribution in [3.8, 4) is 0 Å². The minimum atomic E-state index is 0.849. The molecule has 0 atom stereocenters. The van der Waals surface area contributed by atoms with Gasteiger partial charge in [-0.3, -0.25) is 0 Å². The fraction of sp³-hybridized carbons (Fsp3) is 0.333. The SMILES string of the molecule is Cc1cnc(NCCc2nc(C)cs2)c(Br)c1. The first-order valence-electron chi connectivity index (χ1n) is 5.42. The van der Waals surface area contributed by atoms with Crippen LogP contribution in [-0.2, 0) is 6.42 Å². The number of halogens is 1. The molecular formula is C12H14BrN3S. The number of hydrogen-bond donors (Lipinski definition) is 1. The zero-order valence-corrected chi connectivity index (χ0v) is 12.2. The van der Waals surface area contributed by atoms with E-state index in [1.807, 2.05) is 20.0 Å². The van der Waals surface area contributed by atoms with Gasteiger partial charge in [0.15, 0.2) is 0 Å². The van der Waals surface area contributed by atoms with E-state index in [0.29, 0.717) is 0 Å². The van der Waals surface area contributed by atoms with Crippen LogP contribution in [0.2, 0.25) is 0 Å². The van der Waals surface area contributed by atoms with Crippen molar-refractivity contribution in [2.45, 2.75) is 20.3 Å². The first-order valence-corrected chi connectivity index (χ1v) is 7.09. The molecule has 17 heavy (non-hydrogen) atoms. The first kappa shape index (κ1) is 12.5. The summed E-state index contributed by atoms with van der Waals surface area (Å²) in [6.45, 7) is 4.90. The molecule has 0 radical (unpaired) electrons. The molecule has 0 bridgehead atoms. The molecule has 0 aromatic carbocycles. The van der Waals surface area contributed by atoms with Crippen molar-refractivity contribution < 1.29 is 0 Å². The van der Waals surface area contributed by atoms with E-state index in [9.17, 15) is 0 Å². The lowest BCUT2D eigenvalue weighted by molar-refractivity contribution is 0.975. The molecule has 0 saturated heterocycles. The third-order valence-electron chi connectivity index (χ3n) is 2.28. The number of rotatable bonds is 4. The Kier molecular flexibility index (Phi) is 4.12. The van der Waals surface area contributed by atoms with Crippen LogP contribution in [0.3, 0.4) is 0 Å². The largest absolute Gasteiger partial charge is 0.369 e. The highest BCUT2D eigenvalue weighted by Gasteiger charge is 2.02. The monoisotopic (exact) mass is 311 g/mol. The molecule has 2 rings (SSSR count). The second kappa shape index (κ2) is 5.60. The normalized spacial score (nSPS) is 10.5. The Hall–Kier alpha value is -0.940. The van der Waals surface area contributed by atoms with Crippen molar-refractivity contribution in [2.75, 3.05) is 11.9 Å². The molecule has 90 valence electrons. The Balaban J connectivity index is 1.90. The zero-order chi connectivity index (χ0) is 12.3. The molecular weight excluding hydrogens is 298 g/mol. The maximum atomic E-state index is 4.42. The van der Waals surface area contributed by atoms with Crippen LogP contribution in [0.1, 0.15) is 16.3 Å². The van der Waals surface area contributed by atoms with Gasteiger partial charge in [-0.25, -0.2) is 9.97 Å². The van der Waals surface area contributed by atoms with Crippen molar-refractivity contribution in [3.63, 3.8) is 0 Å². The molecule has 0 saturated carbocycles. The molecule has 0 amide bonds. The molecule has 0 fully saturated rings. The lowest BCUT2D eigenvalue weighted by atomic mass is 10.3. The van der Waals surface area contributed by atoms with E-state index in [1.54, 1.807) is 11.3 Å². The van der Waals surface area contributed by atoms with Crippen LogP contribution in [0.15, 0.2) is 22.1 Å². The molecule has 2 heterocycles. The molecule has 0 aliphatic heterocycles. The van der Waals surface area contributed by atoms with Gasteiger partial charge in [-0.05, 0) is 41.4 Å². The minimum Gasteiger partial charge on any atom is -0.369 e. The summed E-state index contributed by atoms with van der Waals surface area (Å²) in [5, 5.41) is 6.55. The Bertz CT molecular complexity index is 510. The first-order chi connectivity index (χ1) is 8.15. The summed E-state index contributed by atoms with van der Waals surface area (Å²) in [6.07, 6.45) is 2.79. The average molecular weight is 312 g/mol. The number of aryl methyl sites for hydroxylation is 2. The second-order valence-corrected chi connectivity index (χ2v) is 5.70. The fourth-order valence-corrected chi connectivity index (χ4v) is 2.85. The van der Waals surface area contributed by atoms with Gasteiger partial charge in [0, 0.05) is 30.2 Å². The zero-order valence-electron chi connectivity index (χ0n) is 9.83. The van der Waals surface area contributed by atoms with Gasteiger partial charge >= 0.3 is 0 Å². The highest BCUT2D eigenvalue weighted by molar-refractivity contribution is 9.10. The Morgan fingerprint density at radius 2 is 2.24 bits per heavy atom. The van der Waals surface area contributed by atoms with Crippen LogP contribution >= 0.6 is 27.3 Å². The van der Waals surface area contributed by atoms with E-state index >= 15 is 0 Å². The summed E-state index contributed by atoms with van der Waals surface area (Å²) in [5.41, 5.74) is 2.25. The third kappa shape index (κ3) is 3.51. The molecule has 5 heteroatoms. The van der Waals surface area contributed by atoms with E-state index in [1.165, 1.54) is 5.01 Å². The number of hydrogen-bond acceptors (Lipinski definition) is 4. The molecule has 0 spiro atoms. The van der Waals surface area contributed by atoms with Crippen molar-refractivity contribution in [1.29, 1.82) is 0 Å². The Morgan fingerprint density at radius 1 is 1.41 bits per heavy atom. The van der Waals surface area contributed by atoms with E-state index in [0.717, 1.165) is 34.5 Å². The Morgan fingerprint density at radius 3 is 2.88 bits per heavy atom. The summed E-state index contributed by atoms with van der Waals surface area (Å²) in [7, 11) is 0. The topological polar surface area (TPSA) is 37.8 Å². The second-order valence-electron chi connectivity index (χ2n) is 3.90. The van der Waals surface area contributed by atoms with Crippen LogP contribution in [0, 0.1) is 13.8 Å². The van der Waals surface area contributed by atoms with Crippen LogP contribution in [0.5, 0.6) is 0 Å². The molecule has 3 nitrogen and oxygen atoms in total. The van der Waals surface area contributed by atoms with Gasteiger partial charge in [-0.2, -0.15) is 0 Å². The molecule has 2 aromatic rings. The summed E-state index contributed by atoms with van der Waals surface area (Å²) >= 11 is 5.21. The minimum absolute atomic E-state index is 0.849. The van der Waals surface area contributed by atoms with E-state index < -0.39 is 0 Å². The van der Waals surface area contributed by atoms with Gasteiger partial charge in [0.2, 0.25) is 0 Å². The highest BCUT2D eigenvalue weighted by Crippen LogP contribution is 2.20.